The highest BCUT2D eigenvalue weighted by Gasteiger charge is 2.11. The summed E-state index contributed by atoms with van der Waals surface area (Å²) < 4.78 is 0. The molecule has 5 heteroatoms. The van der Waals surface area contributed by atoms with Crippen LogP contribution in [0, 0.1) is 11.8 Å². The van der Waals surface area contributed by atoms with Crippen molar-refractivity contribution >= 4 is 16.5 Å². The molecule has 0 aliphatic carbocycles. The Kier molecular flexibility index (Phi) is 6.57. The van der Waals surface area contributed by atoms with Gasteiger partial charge in [-0.15, -0.1) is 10.2 Å². The second kappa shape index (κ2) is 7.69. The highest BCUT2D eigenvalue weighted by Crippen LogP contribution is 2.15. The third kappa shape index (κ3) is 6.31. The molecule has 2 N–H and O–H groups in total. The van der Waals surface area contributed by atoms with Gasteiger partial charge in [0.05, 0.1) is 6.54 Å². The average Bonchev–Trinajstić information content (AvgIpc) is 2.67. The fourth-order valence-corrected chi connectivity index (χ4v) is 2.33. The summed E-state index contributed by atoms with van der Waals surface area (Å²) in [7, 11) is 0. The van der Waals surface area contributed by atoms with E-state index in [1.165, 1.54) is 24.2 Å². The first-order valence-electron chi connectivity index (χ1n) is 6.77. The van der Waals surface area contributed by atoms with E-state index in [-0.39, 0.29) is 0 Å². The summed E-state index contributed by atoms with van der Waals surface area (Å²) in [4.78, 5) is 2.47. The lowest BCUT2D eigenvalue weighted by molar-refractivity contribution is 0.235. The molecule has 0 spiro atoms. The van der Waals surface area contributed by atoms with Crippen molar-refractivity contribution in [2.45, 2.75) is 47.1 Å². The van der Waals surface area contributed by atoms with Crippen LogP contribution in [-0.2, 0) is 6.54 Å². The summed E-state index contributed by atoms with van der Waals surface area (Å²) in [5.41, 5.74) is 5.63. The van der Waals surface area contributed by atoms with Gasteiger partial charge >= 0.3 is 0 Å². The molecule has 0 amide bonds. The normalized spacial score (nSPS) is 11.9. The first-order valence-corrected chi connectivity index (χ1v) is 7.59. The van der Waals surface area contributed by atoms with Gasteiger partial charge in [0.15, 0.2) is 0 Å². The van der Waals surface area contributed by atoms with E-state index in [1.807, 2.05) is 0 Å². The van der Waals surface area contributed by atoms with Crippen LogP contribution in [-0.4, -0.2) is 28.2 Å². The molecule has 0 atom stereocenters. The van der Waals surface area contributed by atoms with Crippen molar-refractivity contribution in [1.29, 1.82) is 0 Å². The zero-order valence-electron chi connectivity index (χ0n) is 12.0. The number of rotatable bonds is 8. The Morgan fingerprint density at radius 3 is 2.00 bits per heavy atom. The molecule has 1 rings (SSSR count). The number of aromatic nitrogens is 2. The van der Waals surface area contributed by atoms with E-state index in [0.717, 1.165) is 36.5 Å². The van der Waals surface area contributed by atoms with E-state index in [4.69, 9.17) is 5.73 Å². The molecule has 0 radical (unpaired) electrons. The molecule has 0 aromatic carbocycles. The van der Waals surface area contributed by atoms with Gasteiger partial charge in [0.25, 0.3) is 0 Å². The van der Waals surface area contributed by atoms with E-state index in [0.29, 0.717) is 5.13 Å². The summed E-state index contributed by atoms with van der Waals surface area (Å²) in [6.07, 6.45) is 2.46. The van der Waals surface area contributed by atoms with Crippen LogP contribution in [0.25, 0.3) is 0 Å². The summed E-state index contributed by atoms with van der Waals surface area (Å²) in [6.45, 7) is 12.2. The molecule has 0 unspecified atom stereocenters. The molecule has 1 aromatic rings. The number of hydrogen-bond acceptors (Lipinski definition) is 5. The molecule has 0 saturated heterocycles. The lowest BCUT2D eigenvalue weighted by atomic mass is 10.1. The van der Waals surface area contributed by atoms with Crippen LogP contribution >= 0.6 is 11.3 Å². The lowest BCUT2D eigenvalue weighted by Crippen LogP contribution is -2.27. The summed E-state index contributed by atoms with van der Waals surface area (Å²) in [5, 5.41) is 9.59. The summed E-state index contributed by atoms with van der Waals surface area (Å²) in [6, 6.07) is 0. The zero-order chi connectivity index (χ0) is 13.5. The SMILES string of the molecule is CC(C)CCN(CCC(C)C)Cc1nnc(N)s1. The van der Waals surface area contributed by atoms with Crippen LogP contribution in [0.1, 0.15) is 45.5 Å². The fraction of sp³-hybridized carbons (Fsp3) is 0.846. The second-order valence-corrected chi connectivity index (χ2v) is 6.77. The highest BCUT2D eigenvalue weighted by molar-refractivity contribution is 7.15. The molecule has 18 heavy (non-hydrogen) atoms. The zero-order valence-corrected chi connectivity index (χ0v) is 12.8. The van der Waals surface area contributed by atoms with Crippen molar-refractivity contribution in [2.24, 2.45) is 11.8 Å². The average molecular weight is 270 g/mol. The Morgan fingerprint density at radius 1 is 1.06 bits per heavy atom. The van der Waals surface area contributed by atoms with Crippen LogP contribution in [0.2, 0.25) is 0 Å². The smallest absolute Gasteiger partial charge is 0.203 e. The van der Waals surface area contributed by atoms with Crippen molar-refractivity contribution in [3.05, 3.63) is 5.01 Å². The summed E-state index contributed by atoms with van der Waals surface area (Å²) in [5.74, 6) is 1.48. The van der Waals surface area contributed by atoms with Gasteiger partial charge in [-0.25, -0.2) is 0 Å². The van der Waals surface area contributed by atoms with Crippen LogP contribution < -0.4 is 5.73 Å². The van der Waals surface area contributed by atoms with Crippen molar-refractivity contribution in [3.63, 3.8) is 0 Å². The molecule has 0 saturated carbocycles. The van der Waals surface area contributed by atoms with Crippen molar-refractivity contribution in [3.8, 4) is 0 Å². The molecule has 4 nitrogen and oxygen atoms in total. The highest BCUT2D eigenvalue weighted by atomic mass is 32.1. The molecule has 0 bridgehead atoms. The molecule has 104 valence electrons. The van der Waals surface area contributed by atoms with Gasteiger partial charge in [-0.3, -0.25) is 4.90 Å². The van der Waals surface area contributed by atoms with Crippen molar-refractivity contribution in [2.75, 3.05) is 18.8 Å². The maximum atomic E-state index is 5.63. The first-order chi connectivity index (χ1) is 8.47. The molecule has 0 aliphatic rings. The third-order valence-electron chi connectivity index (χ3n) is 2.89. The Bertz CT molecular complexity index is 323. The van der Waals surface area contributed by atoms with E-state index in [1.54, 1.807) is 0 Å². The number of nitrogen functional groups attached to an aromatic ring is 1. The van der Waals surface area contributed by atoms with Crippen molar-refractivity contribution < 1.29 is 0 Å². The van der Waals surface area contributed by atoms with E-state index < -0.39 is 0 Å². The van der Waals surface area contributed by atoms with Gasteiger partial charge in [-0.05, 0) is 37.8 Å². The third-order valence-corrected chi connectivity index (χ3v) is 3.62. The second-order valence-electron chi connectivity index (χ2n) is 5.68. The van der Waals surface area contributed by atoms with Crippen LogP contribution in [0.5, 0.6) is 0 Å². The monoisotopic (exact) mass is 270 g/mol. The number of nitrogens with two attached hydrogens (primary N) is 1. The number of nitrogens with zero attached hydrogens (tertiary/aromatic N) is 3. The maximum Gasteiger partial charge on any atom is 0.203 e. The Hall–Kier alpha value is -0.680. The topological polar surface area (TPSA) is 55.0 Å². The quantitative estimate of drug-likeness (QED) is 0.789. The van der Waals surface area contributed by atoms with Crippen LogP contribution in [0.4, 0.5) is 5.13 Å². The van der Waals surface area contributed by atoms with Gasteiger partial charge < -0.3 is 5.73 Å². The minimum Gasteiger partial charge on any atom is -0.374 e. The predicted molar refractivity (Wildman–Crippen MR) is 78.5 cm³/mol. The predicted octanol–water partition coefficient (Wildman–Crippen LogP) is 3.01. The Labute approximate surface area is 115 Å². The molecule has 1 heterocycles. The maximum absolute atomic E-state index is 5.63. The molecule has 0 aliphatic heterocycles. The van der Waals surface area contributed by atoms with Gasteiger partial charge in [-0.1, -0.05) is 39.0 Å². The molecule has 0 fully saturated rings. The minimum absolute atomic E-state index is 0.567. The standard InChI is InChI=1S/C13H26N4S/c1-10(2)5-7-17(8-6-11(3)4)9-12-15-16-13(14)18-12/h10-11H,5-9H2,1-4H3,(H2,14,16). The van der Waals surface area contributed by atoms with Gasteiger partial charge in [0, 0.05) is 0 Å². The largest absolute Gasteiger partial charge is 0.374 e. The summed E-state index contributed by atoms with van der Waals surface area (Å²) >= 11 is 1.50. The molecular formula is C13H26N4S. The van der Waals surface area contributed by atoms with Gasteiger partial charge in [0.2, 0.25) is 5.13 Å². The van der Waals surface area contributed by atoms with E-state index in [9.17, 15) is 0 Å². The molecule has 1 aromatic heterocycles. The van der Waals surface area contributed by atoms with Gasteiger partial charge in [0.1, 0.15) is 5.01 Å². The fourth-order valence-electron chi connectivity index (χ4n) is 1.67. The van der Waals surface area contributed by atoms with Crippen LogP contribution in [0.3, 0.4) is 0 Å². The lowest BCUT2D eigenvalue weighted by Gasteiger charge is -2.22. The van der Waals surface area contributed by atoms with E-state index >= 15 is 0 Å². The first kappa shape index (κ1) is 15.4. The van der Waals surface area contributed by atoms with Gasteiger partial charge in [-0.2, -0.15) is 0 Å². The van der Waals surface area contributed by atoms with Crippen molar-refractivity contribution in [1.82, 2.24) is 15.1 Å². The Morgan fingerprint density at radius 2 is 1.61 bits per heavy atom. The number of anilines is 1. The van der Waals surface area contributed by atoms with E-state index in [2.05, 4.69) is 42.8 Å². The number of hydrogen-bond donors (Lipinski definition) is 1. The van der Waals surface area contributed by atoms with Crippen LogP contribution in [0.15, 0.2) is 0 Å². The molecular weight excluding hydrogens is 244 g/mol. The minimum atomic E-state index is 0.567. The Balaban J connectivity index is 2.47.